The fraction of sp³-hybridized carbons (Fsp3) is 0.190. The topological polar surface area (TPSA) is 90.9 Å². The fourth-order valence-electron chi connectivity index (χ4n) is 2.74. The highest BCUT2D eigenvalue weighted by Gasteiger charge is 2.26. The van der Waals surface area contributed by atoms with Gasteiger partial charge in [-0.1, -0.05) is 18.2 Å². The first-order valence-electron chi connectivity index (χ1n) is 8.66. The Morgan fingerprint density at radius 2 is 1.96 bits per heavy atom. The van der Waals surface area contributed by atoms with E-state index < -0.39 is 6.09 Å². The summed E-state index contributed by atoms with van der Waals surface area (Å²) in [6.45, 7) is 7.27. The van der Waals surface area contributed by atoms with Gasteiger partial charge in [-0.05, 0) is 51.0 Å². The van der Waals surface area contributed by atoms with Gasteiger partial charge in [-0.25, -0.2) is 14.2 Å². The minimum atomic E-state index is -0.645. The molecule has 0 aliphatic heterocycles. The first-order valence-corrected chi connectivity index (χ1v) is 8.66. The third-order valence-electron chi connectivity index (χ3n) is 4.46. The monoisotopic (exact) mass is 376 g/mol. The number of allylic oxidation sites excluding steroid dienone is 2. The highest BCUT2D eigenvalue weighted by molar-refractivity contribution is 5.97. The molecule has 0 bridgehead atoms. The molecule has 1 amide bonds. The van der Waals surface area contributed by atoms with E-state index in [0.29, 0.717) is 17.0 Å². The van der Waals surface area contributed by atoms with Crippen LogP contribution in [0.5, 0.6) is 5.75 Å². The van der Waals surface area contributed by atoms with E-state index in [0.717, 1.165) is 11.1 Å². The second-order valence-corrected chi connectivity index (χ2v) is 6.55. The molecular formula is C21H20N4O3. The molecule has 0 aliphatic carbocycles. The first-order chi connectivity index (χ1) is 13.3. The zero-order valence-corrected chi connectivity index (χ0v) is 16.1. The van der Waals surface area contributed by atoms with Crippen molar-refractivity contribution < 1.29 is 14.6 Å². The second kappa shape index (κ2) is 7.45. The van der Waals surface area contributed by atoms with Crippen LogP contribution in [0.4, 0.5) is 16.3 Å². The molecule has 0 saturated heterocycles. The average molecular weight is 376 g/mol. The van der Waals surface area contributed by atoms with Crippen molar-refractivity contribution in [1.82, 2.24) is 9.61 Å². The number of aromatic hydroxyl groups is 1. The van der Waals surface area contributed by atoms with E-state index >= 15 is 0 Å². The van der Waals surface area contributed by atoms with Crippen LogP contribution in [0, 0.1) is 18.3 Å². The van der Waals surface area contributed by atoms with Gasteiger partial charge in [0.05, 0.1) is 17.4 Å². The summed E-state index contributed by atoms with van der Waals surface area (Å²) in [6, 6.07) is 12.2. The van der Waals surface area contributed by atoms with E-state index in [1.165, 1.54) is 21.7 Å². The molecule has 1 N–H and O–H groups in total. The predicted molar refractivity (Wildman–Crippen MR) is 105 cm³/mol. The number of ether oxygens (including phenoxy) is 1. The standard InChI is InChI=1S/C21H20N4O3/c1-13(2)15(4)28-21(27)24(17-8-6-5-7-14(17)3)20-11-19(26)16(12-22)18-9-10-23-25(18)20/h5-11,26H,1-4H3. The van der Waals surface area contributed by atoms with E-state index in [9.17, 15) is 15.2 Å². The molecule has 0 radical (unpaired) electrons. The van der Waals surface area contributed by atoms with Gasteiger partial charge in [0.2, 0.25) is 0 Å². The van der Waals surface area contributed by atoms with Gasteiger partial charge in [0.15, 0.2) is 0 Å². The molecule has 2 heterocycles. The summed E-state index contributed by atoms with van der Waals surface area (Å²) in [7, 11) is 0. The number of carbonyl (C=O) groups is 1. The lowest BCUT2D eigenvalue weighted by atomic mass is 10.1. The summed E-state index contributed by atoms with van der Waals surface area (Å²) in [5, 5.41) is 24.0. The lowest BCUT2D eigenvalue weighted by Gasteiger charge is -2.25. The average Bonchev–Trinajstić information content (AvgIpc) is 3.13. The third kappa shape index (κ3) is 3.28. The number of amides is 1. The van der Waals surface area contributed by atoms with E-state index in [1.807, 2.05) is 39.0 Å². The molecule has 7 nitrogen and oxygen atoms in total. The summed E-state index contributed by atoms with van der Waals surface area (Å²) < 4.78 is 6.97. The maximum absolute atomic E-state index is 13.1. The number of anilines is 2. The van der Waals surface area contributed by atoms with Crippen LogP contribution in [0.25, 0.3) is 5.52 Å². The van der Waals surface area contributed by atoms with Crippen molar-refractivity contribution in [3.8, 4) is 11.8 Å². The Hall–Kier alpha value is -3.79. The lowest BCUT2D eigenvalue weighted by Crippen LogP contribution is -2.29. The quantitative estimate of drug-likeness (QED) is 0.663. The normalized spacial score (nSPS) is 10.4. The van der Waals surface area contributed by atoms with Gasteiger partial charge in [-0.15, -0.1) is 0 Å². The van der Waals surface area contributed by atoms with Crippen molar-refractivity contribution in [2.45, 2.75) is 27.7 Å². The van der Waals surface area contributed by atoms with Crippen LogP contribution in [-0.2, 0) is 4.74 Å². The summed E-state index contributed by atoms with van der Waals surface area (Å²) in [5.74, 6) is 0.506. The number of carbonyl (C=O) groups excluding carboxylic acids is 1. The van der Waals surface area contributed by atoms with E-state index in [2.05, 4.69) is 5.10 Å². The Balaban J connectivity index is 2.27. The number of hydrogen-bond donors (Lipinski definition) is 1. The van der Waals surface area contributed by atoms with E-state index in [1.54, 1.807) is 25.1 Å². The molecule has 1 aromatic carbocycles. The third-order valence-corrected chi connectivity index (χ3v) is 4.46. The molecule has 0 unspecified atom stereocenters. The second-order valence-electron chi connectivity index (χ2n) is 6.55. The molecule has 0 atom stereocenters. The van der Waals surface area contributed by atoms with Crippen LogP contribution >= 0.6 is 0 Å². The van der Waals surface area contributed by atoms with Gasteiger partial charge in [0.1, 0.15) is 29.0 Å². The molecule has 0 saturated carbocycles. The number of rotatable bonds is 3. The van der Waals surface area contributed by atoms with Crippen LogP contribution in [0.15, 0.2) is 53.9 Å². The summed E-state index contributed by atoms with van der Waals surface area (Å²) in [6.07, 6.45) is 0.857. The molecule has 28 heavy (non-hydrogen) atoms. The maximum Gasteiger partial charge on any atom is 0.425 e. The Morgan fingerprint density at radius 3 is 2.61 bits per heavy atom. The number of para-hydroxylation sites is 1. The molecule has 0 aliphatic rings. The van der Waals surface area contributed by atoms with Crippen molar-refractivity contribution >= 4 is 23.1 Å². The van der Waals surface area contributed by atoms with Crippen LogP contribution < -0.4 is 4.90 Å². The molecule has 142 valence electrons. The summed E-state index contributed by atoms with van der Waals surface area (Å²) in [5.41, 5.74) is 2.75. The largest absolute Gasteiger partial charge is 0.506 e. The maximum atomic E-state index is 13.1. The summed E-state index contributed by atoms with van der Waals surface area (Å²) in [4.78, 5) is 14.5. The van der Waals surface area contributed by atoms with Gasteiger partial charge in [-0.3, -0.25) is 0 Å². The van der Waals surface area contributed by atoms with Gasteiger partial charge in [-0.2, -0.15) is 10.4 Å². The van der Waals surface area contributed by atoms with Gasteiger partial charge in [0, 0.05) is 6.07 Å². The van der Waals surface area contributed by atoms with Crippen molar-refractivity contribution in [3.05, 3.63) is 65.1 Å². The van der Waals surface area contributed by atoms with Crippen molar-refractivity contribution in [3.63, 3.8) is 0 Å². The van der Waals surface area contributed by atoms with Crippen LogP contribution in [0.1, 0.15) is 31.9 Å². The number of nitriles is 1. The number of hydrogen-bond acceptors (Lipinski definition) is 5. The van der Waals surface area contributed by atoms with Gasteiger partial charge < -0.3 is 9.84 Å². The van der Waals surface area contributed by atoms with E-state index in [4.69, 9.17) is 4.74 Å². The number of aromatic nitrogens is 2. The number of aryl methyl sites for hydroxylation is 1. The Labute approximate surface area is 162 Å². The van der Waals surface area contributed by atoms with Crippen molar-refractivity contribution in [2.75, 3.05) is 4.90 Å². The Bertz CT molecular complexity index is 1130. The highest BCUT2D eigenvalue weighted by atomic mass is 16.6. The Morgan fingerprint density at radius 1 is 1.25 bits per heavy atom. The Kier molecular flexibility index (Phi) is 5.05. The number of fused-ring (bicyclic) bond motifs is 1. The molecule has 2 aromatic heterocycles. The minimum Gasteiger partial charge on any atom is -0.506 e. The minimum absolute atomic E-state index is 0.0832. The smallest absolute Gasteiger partial charge is 0.425 e. The molecule has 0 fully saturated rings. The first kappa shape index (κ1) is 19.0. The van der Waals surface area contributed by atoms with Crippen LogP contribution in [0.2, 0.25) is 0 Å². The predicted octanol–water partition coefficient (Wildman–Crippen LogP) is 4.81. The van der Waals surface area contributed by atoms with Gasteiger partial charge in [0.25, 0.3) is 0 Å². The van der Waals surface area contributed by atoms with Crippen LogP contribution in [-0.4, -0.2) is 20.8 Å². The molecule has 3 aromatic rings. The van der Waals surface area contributed by atoms with Crippen LogP contribution in [0.3, 0.4) is 0 Å². The van der Waals surface area contributed by atoms with Crippen molar-refractivity contribution in [2.24, 2.45) is 0 Å². The SMILES string of the molecule is CC(C)=C(C)OC(=O)N(c1ccccc1C)c1cc(O)c(C#N)c2ccnn12. The fourth-order valence-corrected chi connectivity index (χ4v) is 2.74. The van der Waals surface area contributed by atoms with Crippen molar-refractivity contribution in [1.29, 1.82) is 5.26 Å². The summed E-state index contributed by atoms with van der Waals surface area (Å²) >= 11 is 0. The molecule has 3 rings (SSSR count). The highest BCUT2D eigenvalue weighted by Crippen LogP contribution is 2.34. The lowest BCUT2D eigenvalue weighted by molar-refractivity contribution is 0.185. The number of benzene rings is 1. The molecule has 7 heteroatoms. The molecule has 0 spiro atoms. The number of nitrogens with zero attached hydrogens (tertiary/aromatic N) is 4. The van der Waals surface area contributed by atoms with E-state index in [-0.39, 0.29) is 17.1 Å². The number of pyridine rings is 1. The zero-order valence-electron chi connectivity index (χ0n) is 16.1. The molecular weight excluding hydrogens is 356 g/mol. The van der Waals surface area contributed by atoms with Gasteiger partial charge >= 0.3 is 6.09 Å². The zero-order chi connectivity index (χ0) is 20.4.